The van der Waals surface area contributed by atoms with E-state index < -0.39 is 17.7 Å². The van der Waals surface area contributed by atoms with Crippen LogP contribution in [-0.2, 0) is 9.59 Å². The van der Waals surface area contributed by atoms with E-state index in [2.05, 4.69) is 4.98 Å². The Morgan fingerprint density at radius 3 is 2.38 bits per heavy atom. The van der Waals surface area contributed by atoms with Gasteiger partial charge in [0.1, 0.15) is 11.5 Å². The molecular formula is C30H28N2O6S. The summed E-state index contributed by atoms with van der Waals surface area (Å²) in [4.78, 5) is 33.2. The molecular weight excluding hydrogens is 516 g/mol. The second-order valence-electron chi connectivity index (χ2n) is 8.94. The Morgan fingerprint density at radius 1 is 0.974 bits per heavy atom. The number of carbonyl (C=O) groups excluding carboxylic acids is 2. The van der Waals surface area contributed by atoms with Gasteiger partial charge in [0.15, 0.2) is 16.6 Å². The number of methoxy groups -OCH3 is 1. The van der Waals surface area contributed by atoms with Crippen LogP contribution in [0.25, 0.3) is 16.0 Å². The normalized spacial score (nSPS) is 16.6. The number of fused-ring (bicyclic) bond motifs is 1. The number of ether oxygens (including phenoxy) is 3. The second-order valence-corrected chi connectivity index (χ2v) is 9.95. The van der Waals surface area contributed by atoms with Crippen LogP contribution in [0.15, 0.2) is 66.2 Å². The van der Waals surface area contributed by atoms with Gasteiger partial charge in [-0.25, -0.2) is 4.98 Å². The van der Waals surface area contributed by atoms with Crippen LogP contribution >= 0.6 is 11.3 Å². The number of Topliss-reactive ketones (excluding diaryl/α,β-unsaturated/α-hetero) is 1. The summed E-state index contributed by atoms with van der Waals surface area (Å²) in [6.07, 6.45) is 0. The van der Waals surface area contributed by atoms with Gasteiger partial charge in [-0.2, -0.15) is 0 Å². The number of anilines is 1. The van der Waals surface area contributed by atoms with Crippen molar-refractivity contribution >= 4 is 44.1 Å². The Bertz CT molecular complexity index is 1590. The van der Waals surface area contributed by atoms with Gasteiger partial charge >= 0.3 is 5.91 Å². The molecule has 9 heteroatoms. The Morgan fingerprint density at radius 2 is 1.69 bits per heavy atom. The van der Waals surface area contributed by atoms with Gasteiger partial charge < -0.3 is 19.3 Å². The SMILES string of the molecule is CCOc1ccc(C2C(=C(O)c3ccc(OC)cc3)C(=O)C(=O)N2c2nc3ccc(C)cc3s2)cc1OCC. The maximum atomic E-state index is 13.6. The molecule has 1 unspecified atom stereocenters. The van der Waals surface area contributed by atoms with Crippen LogP contribution in [0.2, 0.25) is 0 Å². The number of thiazole rings is 1. The lowest BCUT2D eigenvalue weighted by atomic mass is 9.95. The van der Waals surface area contributed by atoms with E-state index in [1.165, 1.54) is 16.2 Å². The number of rotatable bonds is 8. The lowest BCUT2D eigenvalue weighted by Gasteiger charge is -2.24. The molecule has 8 nitrogen and oxygen atoms in total. The first-order chi connectivity index (χ1) is 18.9. The Kier molecular flexibility index (Phi) is 7.26. The average molecular weight is 545 g/mol. The number of hydrogen-bond donors (Lipinski definition) is 1. The fourth-order valence-electron chi connectivity index (χ4n) is 4.61. The van der Waals surface area contributed by atoms with Crippen molar-refractivity contribution in [3.8, 4) is 17.2 Å². The summed E-state index contributed by atoms with van der Waals surface area (Å²) in [7, 11) is 1.54. The average Bonchev–Trinajstić information content (AvgIpc) is 3.47. The third kappa shape index (κ3) is 4.81. The summed E-state index contributed by atoms with van der Waals surface area (Å²) in [6, 6.07) is 16.8. The molecule has 2 heterocycles. The van der Waals surface area contributed by atoms with Gasteiger partial charge in [-0.05, 0) is 80.4 Å². The Balaban J connectivity index is 1.72. The van der Waals surface area contributed by atoms with Crippen molar-refractivity contribution in [3.05, 3.63) is 82.9 Å². The van der Waals surface area contributed by atoms with E-state index in [9.17, 15) is 14.7 Å². The number of aliphatic hydroxyl groups excluding tert-OH is 1. The lowest BCUT2D eigenvalue weighted by molar-refractivity contribution is -0.132. The maximum Gasteiger partial charge on any atom is 0.301 e. The Hall–Kier alpha value is -4.37. The molecule has 0 aliphatic carbocycles. The molecule has 0 spiro atoms. The number of aromatic nitrogens is 1. The molecule has 1 aromatic heterocycles. The highest BCUT2D eigenvalue weighted by molar-refractivity contribution is 7.22. The second kappa shape index (κ2) is 10.8. The maximum absolute atomic E-state index is 13.6. The highest BCUT2D eigenvalue weighted by Crippen LogP contribution is 2.46. The zero-order chi connectivity index (χ0) is 27.7. The number of amides is 1. The standard InChI is InChI=1S/C30H28N2O6S/c1-5-37-22-14-10-19(16-23(22)38-6-2)26-25(27(33)18-8-11-20(36-4)12-9-18)28(34)29(35)32(26)30-31-21-13-7-17(3)15-24(21)39-30/h7-16,26,33H,5-6H2,1-4H3. The molecule has 3 aromatic carbocycles. The largest absolute Gasteiger partial charge is 0.507 e. The summed E-state index contributed by atoms with van der Waals surface area (Å²) in [6.45, 7) is 6.56. The summed E-state index contributed by atoms with van der Waals surface area (Å²) in [5.74, 6) is -0.223. The lowest BCUT2D eigenvalue weighted by Crippen LogP contribution is -2.29. The van der Waals surface area contributed by atoms with Crippen molar-refractivity contribution < 1.29 is 28.9 Å². The minimum absolute atomic E-state index is 0.0350. The number of ketones is 1. The van der Waals surface area contributed by atoms with Crippen LogP contribution in [0, 0.1) is 6.92 Å². The van der Waals surface area contributed by atoms with E-state index in [4.69, 9.17) is 14.2 Å². The molecule has 0 radical (unpaired) electrons. The fraction of sp³-hybridized carbons (Fsp3) is 0.233. The van der Waals surface area contributed by atoms with Gasteiger partial charge in [0.05, 0.1) is 42.2 Å². The highest BCUT2D eigenvalue weighted by atomic mass is 32.1. The molecule has 200 valence electrons. The first-order valence-electron chi connectivity index (χ1n) is 12.6. The predicted octanol–water partition coefficient (Wildman–Crippen LogP) is 6.04. The molecule has 1 atom stereocenters. The van der Waals surface area contributed by atoms with Gasteiger partial charge in [-0.3, -0.25) is 14.5 Å². The smallest absolute Gasteiger partial charge is 0.301 e. The molecule has 5 rings (SSSR count). The van der Waals surface area contributed by atoms with E-state index >= 15 is 0 Å². The van der Waals surface area contributed by atoms with Crippen molar-refractivity contribution in [1.82, 2.24) is 4.98 Å². The molecule has 1 fully saturated rings. The number of nitrogens with zero attached hydrogens (tertiary/aromatic N) is 2. The van der Waals surface area contributed by atoms with E-state index in [1.54, 1.807) is 49.6 Å². The molecule has 1 amide bonds. The molecule has 0 bridgehead atoms. The van der Waals surface area contributed by atoms with Crippen molar-refractivity contribution in [2.75, 3.05) is 25.2 Å². The first-order valence-corrected chi connectivity index (χ1v) is 13.4. The van der Waals surface area contributed by atoms with Crippen molar-refractivity contribution in [2.45, 2.75) is 26.8 Å². The zero-order valence-electron chi connectivity index (χ0n) is 22.1. The Labute approximate surface area is 230 Å². The van der Waals surface area contributed by atoms with Gasteiger partial charge in [-0.1, -0.05) is 23.5 Å². The van der Waals surface area contributed by atoms with Crippen molar-refractivity contribution in [3.63, 3.8) is 0 Å². The number of benzene rings is 3. The number of hydrogen-bond acceptors (Lipinski definition) is 8. The van der Waals surface area contributed by atoms with Gasteiger partial charge in [0.2, 0.25) is 0 Å². The van der Waals surface area contributed by atoms with Gasteiger partial charge in [-0.15, -0.1) is 0 Å². The van der Waals surface area contributed by atoms with Crippen LogP contribution in [0.1, 0.15) is 36.6 Å². The molecule has 0 saturated carbocycles. The van der Waals surface area contributed by atoms with Crippen LogP contribution in [0.4, 0.5) is 5.13 Å². The molecule has 4 aromatic rings. The summed E-state index contributed by atoms with van der Waals surface area (Å²) < 4.78 is 17.7. The van der Waals surface area contributed by atoms with Crippen LogP contribution in [-0.4, -0.2) is 42.1 Å². The molecule has 1 aliphatic rings. The minimum atomic E-state index is -0.941. The van der Waals surface area contributed by atoms with Crippen LogP contribution in [0.5, 0.6) is 17.2 Å². The fourth-order valence-corrected chi connectivity index (χ4v) is 5.70. The predicted molar refractivity (Wildman–Crippen MR) is 151 cm³/mol. The van der Waals surface area contributed by atoms with E-state index in [0.717, 1.165) is 15.8 Å². The number of aryl methyl sites for hydroxylation is 1. The molecule has 1 aliphatic heterocycles. The first kappa shape index (κ1) is 26.2. The third-order valence-corrected chi connectivity index (χ3v) is 7.45. The monoisotopic (exact) mass is 544 g/mol. The summed E-state index contributed by atoms with van der Waals surface area (Å²) >= 11 is 1.32. The van der Waals surface area contributed by atoms with Crippen molar-refractivity contribution in [2.24, 2.45) is 0 Å². The van der Waals surface area contributed by atoms with Crippen LogP contribution in [0.3, 0.4) is 0 Å². The number of carbonyl (C=O) groups is 2. The number of aliphatic hydroxyl groups is 1. The topological polar surface area (TPSA) is 98.2 Å². The summed E-state index contributed by atoms with van der Waals surface area (Å²) in [5, 5.41) is 11.8. The zero-order valence-corrected chi connectivity index (χ0v) is 22.9. The minimum Gasteiger partial charge on any atom is -0.507 e. The molecule has 39 heavy (non-hydrogen) atoms. The third-order valence-electron chi connectivity index (χ3n) is 6.43. The van der Waals surface area contributed by atoms with Crippen LogP contribution < -0.4 is 19.1 Å². The molecule has 1 N–H and O–H groups in total. The van der Waals surface area contributed by atoms with Crippen molar-refractivity contribution in [1.29, 1.82) is 0 Å². The highest BCUT2D eigenvalue weighted by Gasteiger charge is 2.48. The van der Waals surface area contributed by atoms with Gasteiger partial charge in [0.25, 0.3) is 5.78 Å². The summed E-state index contributed by atoms with van der Waals surface area (Å²) in [5.41, 5.74) is 2.70. The van der Waals surface area contributed by atoms with E-state index in [-0.39, 0.29) is 11.3 Å². The van der Waals surface area contributed by atoms with E-state index in [1.807, 2.05) is 39.0 Å². The van der Waals surface area contributed by atoms with Gasteiger partial charge in [0, 0.05) is 5.56 Å². The molecule has 1 saturated heterocycles. The van der Waals surface area contributed by atoms with E-state index in [0.29, 0.717) is 46.7 Å². The quantitative estimate of drug-likeness (QED) is 0.164.